The van der Waals surface area contributed by atoms with Gasteiger partial charge in [0.25, 0.3) is 0 Å². The zero-order valence-corrected chi connectivity index (χ0v) is 18.9. The minimum absolute atomic E-state index is 0. The van der Waals surface area contributed by atoms with Crippen molar-refractivity contribution in [2.45, 2.75) is 18.8 Å². The van der Waals surface area contributed by atoms with E-state index in [9.17, 15) is 4.79 Å². The summed E-state index contributed by atoms with van der Waals surface area (Å²) < 4.78 is 5.83. The molecule has 160 valence electrons. The van der Waals surface area contributed by atoms with Crippen LogP contribution in [0.5, 0.6) is 0 Å². The van der Waals surface area contributed by atoms with E-state index in [4.69, 9.17) is 4.74 Å². The molecule has 1 atom stereocenters. The standard InChI is InChI=1S/C23H30N2O2.2ClH/c1-3-23(21-12-8-5-9-13-21,18-25-16-14-24(2)15-17-25)19-27-22(26)20-10-6-4-7-11-20;;/h4-13H,3,14-19H2,1-2H3;2*1H. The topological polar surface area (TPSA) is 32.8 Å². The number of carbonyl (C=O) groups excluding carboxylic acids is 1. The molecule has 1 unspecified atom stereocenters. The van der Waals surface area contributed by atoms with Crippen LogP contribution in [0.25, 0.3) is 0 Å². The molecule has 29 heavy (non-hydrogen) atoms. The van der Waals surface area contributed by atoms with Crippen LogP contribution in [0, 0.1) is 0 Å². The van der Waals surface area contributed by atoms with E-state index in [1.54, 1.807) is 12.1 Å². The number of halogens is 2. The van der Waals surface area contributed by atoms with E-state index in [-0.39, 0.29) is 36.2 Å². The summed E-state index contributed by atoms with van der Waals surface area (Å²) in [4.78, 5) is 17.4. The molecule has 2 aromatic rings. The summed E-state index contributed by atoms with van der Waals surface area (Å²) in [5, 5.41) is 0. The quantitative estimate of drug-likeness (QED) is 0.603. The lowest BCUT2D eigenvalue weighted by Gasteiger charge is -2.41. The van der Waals surface area contributed by atoms with Gasteiger partial charge in [0.1, 0.15) is 6.61 Å². The molecule has 1 aliphatic heterocycles. The van der Waals surface area contributed by atoms with E-state index in [0.717, 1.165) is 39.1 Å². The van der Waals surface area contributed by atoms with Gasteiger partial charge in [0.2, 0.25) is 0 Å². The molecule has 0 radical (unpaired) electrons. The number of likely N-dealkylation sites (N-methyl/N-ethyl adjacent to an activating group) is 1. The van der Waals surface area contributed by atoms with E-state index in [1.807, 2.05) is 24.3 Å². The van der Waals surface area contributed by atoms with Crippen LogP contribution < -0.4 is 0 Å². The van der Waals surface area contributed by atoms with Crippen LogP contribution in [0.3, 0.4) is 0 Å². The Morgan fingerprint density at radius 2 is 1.48 bits per heavy atom. The smallest absolute Gasteiger partial charge is 0.338 e. The third-order valence-electron chi connectivity index (χ3n) is 5.67. The van der Waals surface area contributed by atoms with Gasteiger partial charge in [-0.25, -0.2) is 4.79 Å². The summed E-state index contributed by atoms with van der Waals surface area (Å²) in [5.74, 6) is -0.247. The third-order valence-corrected chi connectivity index (χ3v) is 5.67. The maximum atomic E-state index is 12.5. The molecular weight excluding hydrogens is 407 g/mol. The van der Waals surface area contributed by atoms with Crippen LogP contribution in [0.1, 0.15) is 29.3 Å². The van der Waals surface area contributed by atoms with Crippen molar-refractivity contribution in [3.63, 3.8) is 0 Å². The lowest BCUT2D eigenvalue weighted by molar-refractivity contribution is 0.0309. The lowest BCUT2D eigenvalue weighted by Crippen LogP contribution is -2.51. The number of ether oxygens (including phenoxy) is 1. The summed E-state index contributed by atoms with van der Waals surface area (Å²) in [7, 11) is 2.17. The van der Waals surface area contributed by atoms with Crippen molar-refractivity contribution in [3.8, 4) is 0 Å². The molecule has 0 aromatic heterocycles. The van der Waals surface area contributed by atoms with Gasteiger partial charge < -0.3 is 9.64 Å². The Kier molecular flexibility index (Phi) is 10.7. The molecular formula is C23H32Cl2N2O2. The van der Waals surface area contributed by atoms with Crippen molar-refractivity contribution in [1.82, 2.24) is 9.80 Å². The van der Waals surface area contributed by atoms with Gasteiger partial charge in [-0.3, -0.25) is 4.90 Å². The number of piperazine rings is 1. The zero-order chi connectivity index (χ0) is 19.1. The first-order chi connectivity index (χ1) is 13.1. The second-order valence-electron chi connectivity index (χ2n) is 7.52. The van der Waals surface area contributed by atoms with Crippen LogP contribution in [-0.4, -0.2) is 62.1 Å². The van der Waals surface area contributed by atoms with Crippen molar-refractivity contribution in [2.75, 3.05) is 46.4 Å². The number of hydrogen-bond acceptors (Lipinski definition) is 4. The Labute approximate surface area is 187 Å². The highest BCUT2D eigenvalue weighted by Crippen LogP contribution is 2.30. The van der Waals surface area contributed by atoms with E-state index >= 15 is 0 Å². The maximum Gasteiger partial charge on any atom is 0.338 e. The number of rotatable bonds is 7. The second kappa shape index (κ2) is 12.2. The maximum absolute atomic E-state index is 12.5. The molecule has 2 aromatic carbocycles. The summed E-state index contributed by atoms with van der Waals surface area (Å²) >= 11 is 0. The largest absolute Gasteiger partial charge is 0.461 e. The van der Waals surface area contributed by atoms with Gasteiger partial charge in [-0.2, -0.15) is 0 Å². The van der Waals surface area contributed by atoms with Crippen molar-refractivity contribution in [1.29, 1.82) is 0 Å². The van der Waals surface area contributed by atoms with Crippen molar-refractivity contribution in [3.05, 3.63) is 71.8 Å². The van der Waals surface area contributed by atoms with Crippen LogP contribution in [0.15, 0.2) is 60.7 Å². The van der Waals surface area contributed by atoms with Gasteiger partial charge in [0, 0.05) is 38.1 Å². The number of hydrogen-bond donors (Lipinski definition) is 0. The van der Waals surface area contributed by atoms with Crippen LogP contribution in [0.2, 0.25) is 0 Å². The van der Waals surface area contributed by atoms with Gasteiger partial charge in [-0.05, 0) is 31.2 Å². The van der Waals surface area contributed by atoms with Crippen LogP contribution >= 0.6 is 24.8 Å². The first kappa shape index (κ1) is 25.4. The van der Waals surface area contributed by atoms with Crippen LogP contribution in [-0.2, 0) is 10.2 Å². The average molecular weight is 439 g/mol. The number of carbonyl (C=O) groups is 1. The van der Waals surface area contributed by atoms with Gasteiger partial charge in [0.15, 0.2) is 0 Å². The minimum Gasteiger partial charge on any atom is -0.461 e. The average Bonchev–Trinajstić information content (AvgIpc) is 2.74. The van der Waals surface area contributed by atoms with Gasteiger partial charge in [-0.1, -0.05) is 55.5 Å². The lowest BCUT2D eigenvalue weighted by atomic mass is 9.78. The molecule has 1 aliphatic rings. The predicted octanol–water partition coefficient (Wildman–Crippen LogP) is 4.28. The van der Waals surface area contributed by atoms with Crippen LogP contribution in [0.4, 0.5) is 0 Å². The SMILES string of the molecule is CCC(COC(=O)c1ccccc1)(CN1CCN(C)CC1)c1ccccc1.Cl.Cl. The Morgan fingerprint density at radius 1 is 0.931 bits per heavy atom. The molecule has 4 nitrogen and oxygen atoms in total. The Hall–Kier alpha value is -1.59. The number of nitrogens with zero attached hydrogens (tertiary/aromatic N) is 2. The van der Waals surface area contributed by atoms with E-state index in [1.165, 1.54) is 5.56 Å². The second-order valence-corrected chi connectivity index (χ2v) is 7.52. The highest BCUT2D eigenvalue weighted by Gasteiger charge is 2.35. The van der Waals surface area contributed by atoms with E-state index < -0.39 is 0 Å². The van der Waals surface area contributed by atoms with E-state index in [0.29, 0.717) is 12.2 Å². The number of esters is 1. The van der Waals surface area contributed by atoms with Gasteiger partial charge >= 0.3 is 5.97 Å². The van der Waals surface area contributed by atoms with Gasteiger partial charge in [0.05, 0.1) is 5.56 Å². The van der Waals surface area contributed by atoms with Gasteiger partial charge in [-0.15, -0.1) is 24.8 Å². The minimum atomic E-state index is -0.247. The highest BCUT2D eigenvalue weighted by molar-refractivity contribution is 5.89. The fourth-order valence-corrected chi connectivity index (χ4v) is 3.73. The molecule has 3 rings (SSSR count). The summed E-state index contributed by atoms with van der Waals surface area (Å²) in [5.41, 5.74) is 1.66. The fraction of sp³-hybridized carbons (Fsp3) is 0.435. The molecule has 0 spiro atoms. The van der Waals surface area contributed by atoms with E-state index in [2.05, 4.69) is 48.0 Å². The molecule has 1 fully saturated rings. The number of benzene rings is 2. The normalized spacial score (nSPS) is 16.8. The molecule has 0 bridgehead atoms. The first-order valence-corrected chi connectivity index (χ1v) is 9.81. The Bertz CT molecular complexity index is 722. The highest BCUT2D eigenvalue weighted by atomic mass is 35.5. The molecule has 0 N–H and O–H groups in total. The van der Waals surface area contributed by atoms with Crippen molar-refractivity contribution in [2.24, 2.45) is 0 Å². The zero-order valence-electron chi connectivity index (χ0n) is 17.3. The fourth-order valence-electron chi connectivity index (χ4n) is 3.73. The monoisotopic (exact) mass is 438 g/mol. The molecule has 1 saturated heterocycles. The summed E-state index contributed by atoms with van der Waals surface area (Å²) in [6.07, 6.45) is 0.922. The Morgan fingerprint density at radius 3 is 2.03 bits per heavy atom. The summed E-state index contributed by atoms with van der Waals surface area (Å²) in [6.45, 7) is 7.77. The molecule has 0 saturated carbocycles. The third kappa shape index (κ3) is 6.71. The molecule has 1 heterocycles. The molecule has 0 amide bonds. The molecule has 0 aliphatic carbocycles. The summed E-state index contributed by atoms with van der Waals surface area (Å²) in [6, 6.07) is 19.8. The van der Waals surface area contributed by atoms with Crippen molar-refractivity contribution < 1.29 is 9.53 Å². The van der Waals surface area contributed by atoms with Crippen molar-refractivity contribution >= 4 is 30.8 Å². The Balaban J connectivity index is 0.00000210. The predicted molar refractivity (Wildman–Crippen MR) is 124 cm³/mol. The first-order valence-electron chi connectivity index (χ1n) is 9.81. The molecule has 6 heteroatoms.